The van der Waals surface area contributed by atoms with Crippen molar-refractivity contribution in [3.8, 4) is 0 Å². The van der Waals surface area contributed by atoms with E-state index in [1.165, 1.54) is 30.7 Å². The van der Waals surface area contributed by atoms with Crippen LogP contribution < -0.4 is 5.73 Å². The van der Waals surface area contributed by atoms with Crippen molar-refractivity contribution in [1.29, 1.82) is 0 Å². The molecule has 2 rings (SSSR count). The lowest BCUT2D eigenvalue weighted by Crippen LogP contribution is -2.25. The molecule has 3 nitrogen and oxygen atoms in total. The van der Waals surface area contributed by atoms with Crippen LogP contribution in [-0.2, 0) is 6.54 Å². The van der Waals surface area contributed by atoms with Gasteiger partial charge in [0.1, 0.15) is 10.0 Å². The van der Waals surface area contributed by atoms with E-state index in [1.807, 2.05) is 0 Å². The van der Waals surface area contributed by atoms with Gasteiger partial charge in [0.05, 0.1) is 0 Å². The molecule has 0 unspecified atom stereocenters. The van der Waals surface area contributed by atoms with Gasteiger partial charge in [-0.15, -0.1) is 10.2 Å². The highest BCUT2D eigenvalue weighted by Gasteiger charge is 2.31. The summed E-state index contributed by atoms with van der Waals surface area (Å²) in [6, 6.07) is 0. The fourth-order valence-corrected chi connectivity index (χ4v) is 3.61. The smallest absolute Gasteiger partial charge is 0.131 e. The van der Waals surface area contributed by atoms with Gasteiger partial charge in [0.2, 0.25) is 0 Å². The summed E-state index contributed by atoms with van der Waals surface area (Å²) in [4.78, 5) is 0. The molecule has 0 aliphatic heterocycles. The Kier molecular flexibility index (Phi) is 3.83. The molecule has 0 radical (unpaired) electrons. The Morgan fingerprint density at radius 1 is 1.18 bits per heavy atom. The highest BCUT2D eigenvalue weighted by atomic mass is 32.1. The molecule has 4 heteroatoms. The van der Waals surface area contributed by atoms with E-state index in [2.05, 4.69) is 31.0 Å². The van der Waals surface area contributed by atoms with Crippen LogP contribution in [-0.4, -0.2) is 10.2 Å². The van der Waals surface area contributed by atoms with Crippen molar-refractivity contribution >= 4 is 11.3 Å². The Bertz CT molecular complexity index is 359. The third kappa shape index (κ3) is 3.05. The zero-order valence-corrected chi connectivity index (χ0v) is 11.9. The first-order valence-corrected chi connectivity index (χ1v) is 7.34. The lowest BCUT2D eigenvalue weighted by atomic mass is 9.70. The Morgan fingerprint density at radius 2 is 1.82 bits per heavy atom. The lowest BCUT2D eigenvalue weighted by molar-refractivity contribution is 0.169. The monoisotopic (exact) mass is 253 g/mol. The molecule has 0 spiro atoms. The van der Waals surface area contributed by atoms with Crippen LogP contribution in [0.4, 0.5) is 0 Å². The number of nitrogens with zero attached hydrogens (tertiary/aromatic N) is 2. The van der Waals surface area contributed by atoms with E-state index in [-0.39, 0.29) is 0 Å². The van der Waals surface area contributed by atoms with Gasteiger partial charge in [-0.05, 0) is 37.0 Å². The van der Waals surface area contributed by atoms with Crippen LogP contribution in [0.25, 0.3) is 0 Å². The Morgan fingerprint density at radius 3 is 2.29 bits per heavy atom. The normalized spacial score (nSPS) is 26.1. The molecule has 1 saturated carbocycles. The largest absolute Gasteiger partial charge is 0.324 e. The predicted molar refractivity (Wildman–Crippen MR) is 72.0 cm³/mol. The van der Waals surface area contributed by atoms with Crippen molar-refractivity contribution in [1.82, 2.24) is 10.2 Å². The summed E-state index contributed by atoms with van der Waals surface area (Å²) in [5.74, 6) is 1.49. The summed E-state index contributed by atoms with van der Waals surface area (Å²) >= 11 is 1.70. The molecule has 1 heterocycles. The summed E-state index contributed by atoms with van der Waals surface area (Å²) in [5.41, 5.74) is 6.03. The third-order valence-corrected chi connectivity index (χ3v) is 5.07. The molecule has 1 aromatic heterocycles. The van der Waals surface area contributed by atoms with Crippen LogP contribution in [0.15, 0.2) is 0 Å². The van der Waals surface area contributed by atoms with E-state index in [0.717, 1.165) is 10.9 Å². The maximum atomic E-state index is 5.58. The predicted octanol–water partition coefficient (Wildman–Crippen LogP) is 3.32. The Labute approximate surface area is 108 Å². The van der Waals surface area contributed by atoms with Gasteiger partial charge in [0.15, 0.2) is 0 Å². The molecule has 0 amide bonds. The van der Waals surface area contributed by atoms with Crippen molar-refractivity contribution in [2.45, 2.75) is 58.9 Å². The minimum atomic E-state index is 0.453. The fourth-order valence-electron chi connectivity index (χ4n) is 2.72. The quantitative estimate of drug-likeness (QED) is 0.879. The Balaban J connectivity index is 1.95. The molecule has 96 valence electrons. The molecule has 0 saturated heterocycles. The van der Waals surface area contributed by atoms with Gasteiger partial charge in [-0.1, -0.05) is 32.1 Å². The summed E-state index contributed by atoms with van der Waals surface area (Å²) in [5, 5.41) is 10.6. The molecule has 1 aliphatic rings. The van der Waals surface area contributed by atoms with E-state index in [4.69, 9.17) is 5.73 Å². The van der Waals surface area contributed by atoms with E-state index in [9.17, 15) is 0 Å². The topological polar surface area (TPSA) is 51.8 Å². The highest BCUT2D eigenvalue weighted by molar-refractivity contribution is 7.11. The van der Waals surface area contributed by atoms with E-state index < -0.39 is 0 Å². The molecular formula is C13H23N3S. The minimum absolute atomic E-state index is 0.453. The van der Waals surface area contributed by atoms with Gasteiger partial charge < -0.3 is 5.73 Å². The SMILES string of the molecule is CC(C)(C)C1CCC(c2nnc(CN)s2)CC1. The average Bonchev–Trinajstić information content (AvgIpc) is 2.76. The summed E-state index contributed by atoms with van der Waals surface area (Å²) < 4.78 is 0. The highest BCUT2D eigenvalue weighted by Crippen LogP contribution is 2.43. The number of nitrogens with two attached hydrogens (primary N) is 1. The molecule has 1 aliphatic carbocycles. The van der Waals surface area contributed by atoms with Crippen LogP contribution in [0.1, 0.15) is 62.4 Å². The van der Waals surface area contributed by atoms with E-state index in [0.29, 0.717) is 17.9 Å². The molecule has 1 fully saturated rings. The summed E-state index contributed by atoms with van der Waals surface area (Å²) in [6.45, 7) is 7.59. The lowest BCUT2D eigenvalue weighted by Gasteiger charge is -2.36. The van der Waals surface area contributed by atoms with Crippen LogP contribution >= 0.6 is 11.3 Å². The first kappa shape index (κ1) is 13.0. The number of aromatic nitrogens is 2. The van der Waals surface area contributed by atoms with Crippen molar-refractivity contribution in [3.05, 3.63) is 10.0 Å². The second kappa shape index (κ2) is 5.02. The van der Waals surface area contributed by atoms with Gasteiger partial charge in [0.25, 0.3) is 0 Å². The van der Waals surface area contributed by atoms with Crippen LogP contribution in [0.3, 0.4) is 0 Å². The molecule has 1 aromatic rings. The van der Waals surface area contributed by atoms with Crippen LogP contribution in [0, 0.1) is 11.3 Å². The molecule has 17 heavy (non-hydrogen) atoms. The van der Waals surface area contributed by atoms with Crippen molar-refractivity contribution in [2.24, 2.45) is 17.1 Å². The second-order valence-corrected chi connectivity index (χ2v) is 7.25. The molecule has 0 atom stereocenters. The number of rotatable bonds is 2. The first-order chi connectivity index (χ1) is 8.00. The van der Waals surface area contributed by atoms with Crippen molar-refractivity contribution in [2.75, 3.05) is 0 Å². The second-order valence-electron chi connectivity index (χ2n) is 6.15. The standard InChI is InChI=1S/C13H23N3S/c1-13(2,3)10-6-4-9(5-7-10)12-16-15-11(8-14)17-12/h9-10H,4-8,14H2,1-3H3. The third-order valence-electron chi connectivity index (χ3n) is 3.96. The van der Waals surface area contributed by atoms with Gasteiger partial charge in [0, 0.05) is 12.5 Å². The molecular weight excluding hydrogens is 230 g/mol. The van der Waals surface area contributed by atoms with E-state index >= 15 is 0 Å². The van der Waals surface area contributed by atoms with Gasteiger partial charge in [-0.2, -0.15) is 0 Å². The van der Waals surface area contributed by atoms with Crippen LogP contribution in [0.5, 0.6) is 0 Å². The summed E-state index contributed by atoms with van der Waals surface area (Å²) in [7, 11) is 0. The molecule has 0 aromatic carbocycles. The van der Waals surface area contributed by atoms with Gasteiger partial charge in [-0.25, -0.2) is 0 Å². The zero-order valence-electron chi connectivity index (χ0n) is 11.1. The van der Waals surface area contributed by atoms with E-state index in [1.54, 1.807) is 11.3 Å². The fraction of sp³-hybridized carbons (Fsp3) is 0.846. The number of hydrogen-bond donors (Lipinski definition) is 1. The molecule has 0 bridgehead atoms. The maximum Gasteiger partial charge on any atom is 0.131 e. The summed E-state index contributed by atoms with van der Waals surface area (Å²) in [6.07, 6.45) is 5.18. The van der Waals surface area contributed by atoms with Crippen molar-refractivity contribution < 1.29 is 0 Å². The average molecular weight is 253 g/mol. The number of hydrogen-bond acceptors (Lipinski definition) is 4. The first-order valence-electron chi connectivity index (χ1n) is 6.53. The van der Waals surface area contributed by atoms with Gasteiger partial charge >= 0.3 is 0 Å². The van der Waals surface area contributed by atoms with Gasteiger partial charge in [-0.3, -0.25) is 0 Å². The zero-order chi connectivity index (χ0) is 12.5. The molecule has 2 N–H and O–H groups in total. The van der Waals surface area contributed by atoms with Crippen LogP contribution in [0.2, 0.25) is 0 Å². The van der Waals surface area contributed by atoms with Crippen molar-refractivity contribution in [3.63, 3.8) is 0 Å². The Hall–Kier alpha value is -0.480. The maximum absolute atomic E-state index is 5.58. The minimum Gasteiger partial charge on any atom is -0.324 e.